The van der Waals surface area contributed by atoms with Crippen molar-refractivity contribution in [2.45, 2.75) is 0 Å². The van der Waals surface area contributed by atoms with Gasteiger partial charge in [0.15, 0.2) is 0 Å². The molecule has 74 valence electrons. The van der Waals surface area contributed by atoms with Crippen LogP contribution in [0.1, 0.15) is 0 Å². The van der Waals surface area contributed by atoms with Crippen molar-refractivity contribution in [1.82, 2.24) is 0 Å². The van der Waals surface area contributed by atoms with Crippen molar-refractivity contribution in [2.75, 3.05) is 0 Å². The lowest BCUT2D eigenvalue weighted by molar-refractivity contribution is 0.485. The summed E-state index contributed by atoms with van der Waals surface area (Å²) in [5, 5.41) is 0. The van der Waals surface area contributed by atoms with Crippen LogP contribution < -0.4 is 4.18 Å². The van der Waals surface area contributed by atoms with Gasteiger partial charge in [0, 0.05) is 0 Å². The molecule has 0 heterocycles. The summed E-state index contributed by atoms with van der Waals surface area (Å²) in [6.45, 7) is 0. The van der Waals surface area contributed by atoms with Crippen molar-refractivity contribution in [3.05, 3.63) is 30.1 Å². The van der Waals surface area contributed by atoms with Crippen LogP contribution in [0.15, 0.2) is 28.7 Å². The van der Waals surface area contributed by atoms with E-state index in [1.165, 1.54) is 0 Å². The largest absolute Gasteiger partial charge is 0.439 e. The molecule has 7 heteroatoms. The number of benzene rings is 1. The fourth-order valence-corrected chi connectivity index (χ4v) is 1.16. The highest BCUT2D eigenvalue weighted by atomic mass is 32.2. The van der Waals surface area contributed by atoms with Gasteiger partial charge >= 0.3 is 10.3 Å². The van der Waals surface area contributed by atoms with Crippen LogP contribution in [-0.2, 0) is 15.1 Å². The van der Waals surface area contributed by atoms with Crippen molar-refractivity contribution >= 4 is 16.4 Å². The van der Waals surface area contributed by atoms with Gasteiger partial charge in [0.1, 0.15) is 11.6 Å². The predicted molar refractivity (Wildman–Crippen MR) is 44.1 cm³/mol. The van der Waals surface area contributed by atoms with E-state index in [0.29, 0.717) is 0 Å². The molecule has 5 nitrogen and oxygen atoms in total. The maximum absolute atomic E-state index is 12.4. The highest BCUT2D eigenvalue weighted by Gasteiger charge is 2.09. The summed E-state index contributed by atoms with van der Waals surface area (Å²) in [7, 11) is -4.32. The first-order chi connectivity index (χ1) is 6.53. The van der Waals surface area contributed by atoms with Crippen molar-refractivity contribution < 1.29 is 21.8 Å². The lowest BCUT2D eigenvalue weighted by Gasteiger charge is -1.99. The van der Waals surface area contributed by atoms with Crippen LogP contribution >= 0.6 is 0 Å². The summed E-state index contributed by atoms with van der Waals surface area (Å²) in [5.41, 5.74) is 0. The van der Waals surface area contributed by atoms with Crippen LogP contribution in [0.5, 0.6) is 5.75 Å². The minimum atomic E-state index is -4.32. The summed E-state index contributed by atoms with van der Waals surface area (Å²) in [6, 6.07) is 4.20. The van der Waals surface area contributed by atoms with Crippen LogP contribution in [0.3, 0.4) is 0 Å². The first-order valence-electron chi connectivity index (χ1n) is 3.32. The molecule has 0 aromatic heterocycles. The van der Waals surface area contributed by atoms with Crippen molar-refractivity contribution in [1.29, 1.82) is 0 Å². The lowest BCUT2D eigenvalue weighted by atomic mass is 10.3. The maximum Gasteiger partial charge on any atom is 0.439 e. The molecule has 0 bridgehead atoms. The molecule has 1 rings (SSSR count). The minimum absolute atomic E-state index is 0.134. The van der Waals surface area contributed by atoms with Crippen LogP contribution in [0.25, 0.3) is 0 Å². The molecule has 0 aliphatic heterocycles. The summed E-state index contributed by atoms with van der Waals surface area (Å²) in [5.74, 6) is -0.668. The SMILES string of the molecule is O=C=NS(=O)(=O)Oc1ccc(F)cc1. The van der Waals surface area contributed by atoms with Gasteiger partial charge in [0.05, 0.1) is 0 Å². The molecule has 0 fully saturated rings. The number of rotatable bonds is 3. The second-order valence-electron chi connectivity index (χ2n) is 2.15. The molecular formula is C7H4FNO4S. The van der Waals surface area contributed by atoms with Crippen molar-refractivity contribution in [3.63, 3.8) is 0 Å². The van der Waals surface area contributed by atoms with E-state index in [0.717, 1.165) is 30.3 Å². The molecular weight excluding hydrogens is 213 g/mol. The van der Waals surface area contributed by atoms with Gasteiger partial charge in [-0.2, -0.15) is 8.42 Å². The van der Waals surface area contributed by atoms with Crippen molar-refractivity contribution in [3.8, 4) is 5.75 Å². The minimum Gasteiger partial charge on any atom is -0.365 e. The lowest BCUT2D eigenvalue weighted by Crippen LogP contribution is -2.04. The Bertz CT molecular complexity index is 461. The fourth-order valence-electron chi connectivity index (χ4n) is 0.676. The number of halogens is 1. The van der Waals surface area contributed by atoms with E-state index in [4.69, 9.17) is 0 Å². The normalized spacial score (nSPS) is 10.4. The van der Waals surface area contributed by atoms with Gasteiger partial charge in [-0.15, -0.1) is 0 Å². The van der Waals surface area contributed by atoms with Gasteiger partial charge < -0.3 is 4.18 Å². The van der Waals surface area contributed by atoms with Crippen LogP contribution in [0.2, 0.25) is 0 Å². The molecule has 0 atom stereocenters. The number of carbonyl (C=O) groups excluding carboxylic acids is 1. The predicted octanol–water partition coefficient (Wildman–Crippen LogP) is 0.785. The first kappa shape index (κ1) is 10.4. The Hall–Kier alpha value is -1.72. The van der Waals surface area contributed by atoms with E-state index >= 15 is 0 Å². The van der Waals surface area contributed by atoms with E-state index in [-0.39, 0.29) is 5.75 Å². The van der Waals surface area contributed by atoms with Gasteiger partial charge in [0.2, 0.25) is 0 Å². The Labute approximate surface area is 79.1 Å². The van der Waals surface area contributed by atoms with Crippen LogP contribution in [-0.4, -0.2) is 14.5 Å². The smallest absolute Gasteiger partial charge is 0.365 e. The second-order valence-corrected chi connectivity index (χ2v) is 3.35. The molecule has 0 saturated carbocycles. The summed E-state index contributed by atoms with van der Waals surface area (Å²) >= 11 is 0. The quantitative estimate of drug-likeness (QED) is 0.554. The highest BCUT2D eigenvalue weighted by molar-refractivity contribution is 7.85. The number of hydrogen-bond donors (Lipinski definition) is 0. The monoisotopic (exact) mass is 217 g/mol. The average molecular weight is 217 g/mol. The summed E-state index contributed by atoms with van der Waals surface area (Å²) in [6.07, 6.45) is 0.828. The number of hydrogen-bond acceptors (Lipinski definition) is 4. The zero-order valence-corrected chi connectivity index (χ0v) is 7.49. The van der Waals surface area contributed by atoms with Gasteiger partial charge in [0.25, 0.3) is 6.08 Å². The Morgan fingerprint density at radius 1 is 1.29 bits per heavy atom. The topological polar surface area (TPSA) is 72.8 Å². The zero-order valence-electron chi connectivity index (χ0n) is 6.68. The Kier molecular flexibility index (Phi) is 2.95. The molecule has 14 heavy (non-hydrogen) atoms. The molecule has 1 aromatic rings. The van der Waals surface area contributed by atoms with Crippen LogP contribution in [0.4, 0.5) is 4.39 Å². The zero-order chi connectivity index (χ0) is 10.6. The Morgan fingerprint density at radius 2 is 1.86 bits per heavy atom. The maximum atomic E-state index is 12.4. The fraction of sp³-hybridized carbons (Fsp3) is 0. The third kappa shape index (κ3) is 2.96. The van der Waals surface area contributed by atoms with E-state index < -0.39 is 16.1 Å². The third-order valence-electron chi connectivity index (χ3n) is 1.16. The molecule has 0 aliphatic carbocycles. The second kappa shape index (κ2) is 3.99. The Morgan fingerprint density at radius 3 is 2.36 bits per heavy atom. The van der Waals surface area contributed by atoms with E-state index in [1.54, 1.807) is 0 Å². The Balaban J connectivity index is 2.90. The van der Waals surface area contributed by atoms with Crippen LogP contribution in [0, 0.1) is 5.82 Å². The van der Waals surface area contributed by atoms with E-state index in [2.05, 4.69) is 8.58 Å². The molecule has 0 saturated heterocycles. The van der Waals surface area contributed by atoms with Gasteiger partial charge in [-0.1, -0.05) is 0 Å². The summed E-state index contributed by atoms with van der Waals surface area (Å²) < 4.78 is 40.6. The van der Waals surface area contributed by atoms with E-state index in [1.807, 2.05) is 0 Å². The van der Waals surface area contributed by atoms with Gasteiger partial charge in [-0.25, -0.2) is 9.18 Å². The molecule has 1 aromatic carbocycles. The van der Waals surface area contributed by atoms with E-state index in [9.17, 15) is 17.6 Å². The van der Waals surface area contributed by atoms with Gasteiger partial charge in [-0.3, -0.25) is 0 Å². The molecule has 0 aliphatic rings. The number of nitrogens with zero attached hydrogens (tertiary/aromatic N) is 1. The standard InChI is InChI=1S/C7H4FNO4S/c8-6-1-3-7(4-2-6)13-14(11,12)9-5-10/h1-4H. The van der Waals surface area contributed by atoms with Gasteiger partial charge in [-0.05, 0) is 28.7 Å². The molecule has 0 spiro atoms. The highest BCUT2D eigenvalue weighted by Crippen LogP contribution is 2.13. The average Bonchev–Trinajstić information content (AvgIpc) is 2.08. The molecule has 0 radical (unpaired) electrons. The third-order valence-corrected chi connectivity index (χ3v) is 1.87. The molecule has 0 amide bonds. The first-order valence-corrected chi connectivity index (χ1v) is 4.69. The van der Waals surface area contributed by atoms with Crippen molar-refractivity contribution in [2.24, 2.45) is 4.40 Å². The molecule has 0 N–H and O–H groups in total. The summed E-state index contributed by atoms with van der Waals surface area (Å²) in [4.78, 5) is 9.65. The number of isocyanates is 1. The molecule has 0 unspecified atom stereocenters.